The number of carbonyl (C=O) groups is 1. The van der Waals surface area contributed by atoms with Crippen molar-refractivity contribution in [3.63, 3.8) is 0 Å². The smallest absolute Gasteiger partial charge is 0.354 e. The molecule has 0 unspecified atom stereocenters. The normalized spacial score (nSPS) is 11.6. The second-order valence-electron chi connectivity index (χ2n) is 13.6. The summed E-state index contributed by atoms with van der Waals surface area (Å²) in [5.41, 5.74) is 7.00. The molecule has 0 saturated carbocycles. The number of nitrogens with zero attached hydrogens (tertiary/aromatic N) is 5. The van der Waals surface area contributed by atoms with Crippen molar-refractivity contribution in [3.05, 3.63) is 176 Å². The standard InChI is InChI=1S/2C21H11N2.C6H5NO2.Ir/c2*1-2-4-16-12-18-17(11-15(16)3-1)20-19-13(7-9-22-20)5-6-14-8-10-23(18)21(14)19;8-6(9)5-3-1-2-4-7-5;/h2*1-10,12H;1-4H,(H,8,9);/q2*-1;;. The summed E-state index contributed by atoms with van der Waals surface area (Å²) in [6.45, 7) is 0. The fraction of sp³-hybridized carbons (Fsp3) is 0. The Hall–Kier alpha value is -6.99. The molecule has 7 heterocycles. The van der Waals surface area contributed by atoms with Gasteiger partial charge in [0.2, 0.25) is 0 Å². The molecule has 0 atom stereocenters. The molecule has 6 aromatic carbocycles. The van der Waals surface area contributed by atoms with Crippen LogP contribution in [0.1, 0.15) is 10.5 Å². The molecule has 0 aliphatic rings. The third-order valence-corrected chi connectivity index (χ3v) is 10.6. The van der Waals surface area contributed by atoms with Crippen LogP contribution in [0.5, 0.6) is 0 Å². The molecule has 1 N–H and O–H groups in total. The molecule has 0 fully saturated rings. The van der Waals surface area contributed by atoms with E-state index in [0.717, 1.165) is 43.6 Å². The van der Waals surface area contributed by atoms with Gasteiger partial charge in [-0.1, -0.05) is 100 Å². The van der Waals surface area contributed by atoms with Gasteiger partial charge in [-0.3, -0.25) is 9.97 Å². The quantitative estimate of drug-likeness (QED) is 0.101. The first kappa shape index (κ1) is 33.6. The van der Waals surface area contributed by atoms with E-state index in [1.54, 1.807) is 12.1 Å². The van der Waals surface area contributed by atoms with Crippen molar-refractivity contribution < 1.29 is 30.0 Å². The predicted molar refractivity (Wildman–Crippen MR) is 222 cm³/mol. The van der Waals surface area contributed by atoms with Crippen LogP contribution >= 0.6 is 0 Å². The van der Waals surface area contributed by atoms with Gasteiger partial charge in [-0.2, -0.15) is 0 Å². The molecule has 0 spiro atoms. The molecule has 8 heteroatoms. The van der Waals surface area contributed by atoms with Crippen LogP contribution in [0.2, 0.25) is 0 Å². The maximum absolute atomic E-state index is 10.1. The van der Waals surface area contributed by atoms with Crippen molar-refractivity contribution in [3.8, 4) is 0 Å². The van der Waals surface area contributed by atoms with E-state index in [2.05, 4.69) is 148 Å². The van der Waals surface area contributed by atoms with Crippen LogP contribution < -0.4 is 0 Å². The number of benzene rings is 6. The van der Waals surface area contributed by atoms with Crippen molar-refractivity contribution in [2.75, 3.05) is 0 Å². The van der Waals surface area contributed by atoms with E-state index in [4.69, 9.17) is 15.1 Å². The molecule has 267 valence electrons. The topological polar surface area (TPSA) is 84.8 Å². The first-order chi connectivity index (χ1) is 27.1. The van der Waals surface area contributed by atoms with Gasteiger partial charge in [-0.25, -0.2) is 9.78 Å². The minimum atomic E-state index is -0.990. The van der Waals surface area contributed by atoms with E-state index in [1.165, 1.54) is 66.4 Å². The fourth-order valence-electron chi connectivity index (χ4n) is 8.10. The number of rotatable bonds is 1. The van der Waals surface area contributed by atoms with Gasteiger partial charge in [-0.05, 0) is 79.7 Å². The Morgan fingerprint density at radius 2 is 0.982 bits per heavy atom. The number of fused-ring (bicyclic) bond motifs is 8. The molecule has 13 rings (SSSR count). The van der Waals surface area contributed by atoms with Crippen LogP contribution in [0.25, 0.3) is 97.7 Å². The molecule has 0 saturated heterocycles. The van der Waals surface area contributed by atoms with Crippen LogP contribution in [-0.2, 0) is 20.1 Å². The zero-order valence-corrected chi connectivity index (χ0v) is 31.8. The number of aromatic nitrogens is 5. The molecular formula is C48H27IrN5O2-2. The number of aromatic carboxylic acids is 1. The maximum Gasteiger partial charge on any atom is 0.354 e. The molecule has 0 aliphatic heterocycles. The van der Waals surface area contributed by atoms with Crippen molar-refractivity contribution in [2.24, 2.45) is 0 Å². The van der Waals surface area contributed by atoms with Crippen molar-refractivity contribution in [2.45, 2.75) is 0 Å². The van der Waals surface area contributed by atoms with E-state index < -0.39 is 5.97 Å². The Morgan fingerprint density at radius 3 is 1.45 bits per heavy atom. The van der Waals surface area contributed by atoms with Crippen LogP contribution in [0.4, 0.5) is 0 Å². The van der Waals surface area contributed by atoms with Crippen LogP contribution in [-0.4, -0.2) is 34.8 Å². The molecule has 0 amide bonds. The van der Waals surface area contributed by atoms with Gasteiger partial charge in [0.25, 0.3) is 0 Å². The summed E-state index contributed by atoms with van der Waals surface area (Å²) in [5, 5.41) is 22.6. The van der Waals surface area contributed by atoms with E-state index in [1.807, 2.05) is 12.4 Å². The predicted octanol–water partition coefficient (Wildman–Crippen LogP) is 11.1. The first-order valence-corrected chi connectivity index (χ1v) is 17.9. The van der Waals surface area contributed by atoms with Crippen LogP contribution in [0.15, 0.2) is 158 Å². The molecular weight excluding hydrogens is 871 g/mol. The number of carboxylic acids is 1. The number of hydrogen-bond acceptors (Lipinski definition) is 4. The van der Waals surface area contributed by atoms with Gasteiger partial charge in [0, 0.05) is 73.2 Å². The van der Waals surface area contributed by atoms with Gasteiger partial charge in [-0.15, -0.1) is 35.0 Å². The Kier molecular flexibility index (Phi) is 7.85. The minimum absolute atomic E-state index is 0. The molecule has 0 aliphatic carbocycles. The summed E-state index contributed by atoms with van der Waals surface area (Å²) in [6.07, 6.45) is 9.55. The third-order valence-electron chi connectivity index (χ3n) is 10.6. The van der Waals surface area contributed by atoms with Gasteiger partial charge < -0.3 is 13.9 Å². The number of carboxylic acid groups (broad SMARTS) is 1. The van der Waals surface area contributed by atoms with Gasteiger partial charge in [0.05, 0.1) is 0 Å². The average molecular weight is 898 g/mol. The van der Waals surface area contributed by atoms with E-state index in [-0.39, 0.29) is 25.8 Å². The first-order valence-electron chi connectivity index (χ1n) is 17.9. The second-order valence-corrected chi connectivity index (χ2v) is 13.6. The monoisotopic (exact) mass is 898 g/mol. The van der Waals surface area contributed by atoms with Crippen molar-refractivity contribution in [1.29, 1.82) is 0 Å². The van der Waals surface area contributed by atoms with E-state index in [9.17, 15) is 4.79 Å². The molecule has 0 bridgehead atoms. The Morgan fingerprint density at radius 1 is 0.500 bits per heavy atom. The second kappa shape index (κ2) is 13.1. The summed E-state index contributed by atoms with van der Waals surface area (Å²) >= 11 is 0. The average Bonchev–Trinajstić information content (AvgIpc) is 3.89. The van der Waals surface area contributed by atoms with Crippen LogP contribution in [0.3, 0.4) is 0 Å². The zero-order chi connectivity index (χ0) is 36.6. The summed E-state index contributed by atoms with van der Waals surface area (Å²) in [6, 6.07) is 50.5. The summed E-state index contributed by atoms with van der Waals surface area (Å²) in [4.78, 5) is 23.1. The number of pyridine rings is 5. The summed E-state index contributed by atoms with van der Waals surface area (Å²) in [7, 11) is 0. The molecule has 1 radical (unpaired) electrons. The Bertz CT molecular complexity index is 3380. The van der Waals surface area contributed by atoms with E-state index >= 15 is 0 Å². The molecule has 7 nitrogen and oxygen atoms in total. The number of hydrogen-bond donors (Lipinski definition) is 1. The zero-order valence-electron chi connectivity index (χ0n) is 29.4. The van der Waals surface area contributed by atoms with E-state index in [0.29, 0.717) is 0 Å². The Balaban J connectivity index is 0.000000112. The summed E-state index contributed by atoms with van der Waals surface area (Å²) in [5.74, 6) is -0.990. The van der Waals surface area contributed by atoms with Gasteiger partial charge in [0.15, 0.2) is 0 Å². The summed E-state index contributed by atoms with van der Waals surface area (Å²) < 4.78 is 4.56. The third kappa shape index (κ3) is 5.15. The fourth-order valence-corrected chi connectivity index (χ4v) is 8.10. The van der Waals surface area contributed by atoms with Gasteiger partial charge >= 0.3 is 5.97 Å². The Labute approximate surface area is 332 Å². The molecule has 13 aromatic rings. The van der Waals surface area contributed by atoms with Crippen LogP contribution in [0, 0.1) is 12.1 Å². The van der Waals surface area contributed by atoms with Crippen molar-refractivity contribution in [1.82, 2.24) is 23.8 Å². The largest absolute Gasteiger partial charge is 0.477 e. The maximum atomic E-state index is 10.1. The minimum Gasteiger partial charge on any atom is -0.477 e. The molecule has 56 heavy (non-hydrogen) atoms. The molecule has 7 aromatic heterocycles. The van der Waals surface area contributed by atoms with Crippen molar-refractivity contribution >= 4 is 104 Å². The van der Waals surface area contributed by atoms with Gasteiger partial charge in [0.1, 0.15) is 5.69 Å². The SMILES string of the molecule is O=C(O)c1ccccn1.[Ir].[c-]1c2ccccc2cc2c1c1nccc3ccc4ccn2c4c31.[c-]1c2ccccc2cc2c1c1nccc3ccc4ccn2c4c31.